The van der Waals surface area contributed by atoms with E-state index in [-0.39, 0.29) is 46.2 Å². The average molecular weight is 715 g/mol. The number of nitrogens with two attached hydrogens (primary N) is 1. The molecule has 0 radical (unpaired) electrons. The number of hydrogen-bond acceptors (Lipinski definition) is 7. The van der Waals surface area contributed by atoms with Crippen LogP contribution in [0.5, 0.6) is 0 Å². The SMILES string of the molecule is CC(C)[C@H](NC(=O)N[C@H](C(=O)N1CC2(C[C@H]1C(=O)NC(CC1CCC1)C(=O)C(N)=O)C(C)(C)C21CCC1)C(C)(C)C)C(=O)N1C[C@H](C)O[C@@H](C)C1. The van der Waals surface area contributed by atoms with Crippen LogP contribution >= 0.6 is 0 Å². The fraction of sp³-hybridized carbons (Fsp3) is 0.842. The number of Topliss-reactive ketones (excluding diaryl/α,β-unsaturated/α-hetero) is 1. The molecule has 5 N–H and O–H groups in total. The molecule has 51 heavy (non-hydrogen) atoms. The summed E-state index contributed by atoms with van der Waals surface area (Å²) in [6.07, 6.45) is 6.52. The Morgan fingerprint density at radius 3 is 1.94 bits per heavy atom. The van der Waals surface area contributed by atoms with E-state index in [1.807, 2.05) is 48.5 Å². The van der Waals surface area contributed by atoms with Crippen LogP contribution in [0.3, 0.4) is 0 Å². The Bertz CT molecular complexity index is 1410. The zero-order valence-electron chi connectivity index (χ0n) is 32.2. The van der Waals surface area contributed by atoms with Gasteiger partial charge in [-0.2, -0.15) is 0 Å². The second-order valence-corrected chi connectivity index (χ2v) is 18.3. The average Bonchev–Trinajstić information content (AvgIpc) is 3.20. The highest BCUT2D eigenvalue weighted by atomic mass is 16.5. The number of urea groups is 1. The summed E-state index contributed by atoms with van der Waals surface area (Å²) in [5.74, 6) is -3.01. The van der Waals surface area contributed by atoms with Crippen molar-refractivity contribution in [2.75, 3.05) is 19.6 Å². The van der Waals surface area contributed by atoms with Crippen molar-refractivity contribution in [2.45, 2.75) is 150 Å². The van der Waals surface area contributed by atoms with Gasteiger partial charge in [-0.1, -0.05) is 74.1 Å². The van der Waals surface area contributed by atoms with E-state index in [1.54, 1.807) is 9.80 Å². The highest BCUT2D eigenvalue weighted by molar-refractivity contribution is 6.37. The highest BCUT2D eigenvalue weighted by Gasteiger charge is 2.85. The Balaban J connectivity index is 1.38. The number of nitrogens with zero attached hydrogens (tertiary/aromatic N) is 2. The quantitative estimate of drug-likeness (QED) is 0.238. The first-order chi connectivity index (χ1) is 23.7. The van der Waals surface area contributed by atoms with Gasteiger partial charge in [0.05, 0.1) is 18.2 Å². The second-order valence-electron chi connectivity index (χ2n) is 18.3. The van der Waals surface area contributed by atoms with Crippen molar-refractivity contribution in [1.82, 2.24) is 25.8 Å². The highest BCUT2D eigenvalue weighted by Crippen LogP contribution is 2.88. The number of carbonyl (C=O) groups excluding carboxylic acids is 6. The molecule has 286 valence electrons. The lowest BCUT2D eigenvalue weighted by Crippen LogP contribution is -2.62. The molecular formula is C38H62N6O7. The summed E-state index contributed by atoms with van der Waals surface area (Å²) in [6.45, 7) is 18.7. The summed E-state index contributed by atoms with van der Waals surface area (Å²) in [5.41, 5.74) is 4.26. The van der Waals surface area contributed by atoms with Crippen molar-refractivity contribution >= 4 is 35.4 Å². The van der Waals surface area contributed by atoms with Gasteiger partial charge in [0.2, 0.25) is 23.5 Å². The normalized spacial score (nSPS) is 29.8. The molecular weight excluding hydrogens is 652 g/mol. The number of ketones is 1. The number of likely N-dealkylation sites (tertiary alicyclic amines) is 1. The van der Waals surface area contributed by atoms with Gasteiger partial charge in [-0.3, -0.25) is 24.0 Å². The minimum absolute atomic E-state index is 0.0172. The van der Waals surface area contributed by atoms with Crippen LogP contribution < -0.4 is 21.7 Å². The topological polar surface area (TPSA) is 180 Å². The van der Waals surface area contributed by atoms with E-state index >= 15 is 0 Å². The standard InChI is InChI=1S/C38H62N6O7/c1-21(2)27(32(48)43-18-22(3)51-23(4)19-43)41-34(50)42-29(35(5,6)7)33(49)44-20-38(36(8,9)37(38)14-11-15-37)17-26(44)31(47)40-25(28(45)30(39)46)16-24-12-10-13-24/h21-27,29H,10-20H2,1-9H3,(H2,39,46)(H,40,47)(H2,41,42,50)/t22-,23-,25?,26-,27-,29+,38?/m0/s1. The largest absolute Gasteiger partial charge is 0.372 e. The summed E-state index contributed by atoms with van der Waals surface area (Å²) >= 11 is 0. The number of morpholine rings is 1. The van der Waals surface area contributed by atoms with Gasteiger partial charge >= 0.3 is 6.03 Å². The van der Waals surface area contributed by atoms with Gasteiger partial charge in [0.1, 0.15) is 18.1 Å². The molecule has 5 fully saturated rings. The van der Waals surface area contributed by atoms with E-state index in [0.717, 1.165) is 38.5 Å². The number of hydrogen-bond donors (Lipinski definition) is 4. The zero-order valence-corrected chi connectivity index (χ0v) is 32.2. The van der Waals surface area contributed by atoms with E-state index in [9.17, 15) is 28.8 Å². The Morgan fingerprint density at radius 1 is 0.882 bits per heavy atom. The molecule has 0 aromatic carbocycles. The maximum Gasteiger partial charge on any atom is 0.316 e. The number of fused-ring (bicyclic) bond motifs is 1. The van der Waals surface area contributed by atoms with Crippen molar-refractivity contribution in [3.05, 3.63) is 0 Å². The van der Waals surface area contributed by atoms with Gasteiger partial charge in [0.25, 0.3) is 5.91 Å². The molecule has 6 amide bonds. The third-order valence-corrected chi connectivity index (χ3v) is 13.4. The van der Waals surface area contributed by atoms with Gasteiger partial charge < -0.3 is 36.2 Å². The number of rotatable bonds is 11. The van der Waals surface area contributed by atoms with E-state index in [2.05, 4.69) is 29.8 Å². The van der Waals surface area contributed by atoms with Gasteiger partial charge in [-0.15, -0.1) is 0 Å². The van der Waals surface area contributed by atoms with Crippen molar-refractivity contribution < 1.29 is 33.5 Å². The van der Waals surface area contributed by atoms with Crippen molar-refractivity contribution in [3.63, 3.8) is 0 Å². The first-order valence-electron chi connectivity index (χ1n) is 19.1. The molecule has 5 rings (SSSR count). The zero-order chi connectivity index (χ0) is 37.8. The van der Waals surface area contributed by atoms with Gasteiger partial charge in [0, 0.05) is 25.0 Å². The second kappa shape index (κ2) is 14.0. The molecule has 2 saturated heterocycles. The van der Waals surface area contributed by atoms with Crippen LogP contribution in [-0.2, 0) is 28.7 Å². The van der Waals surface area contributed by atoms with Gasteiger partial charge in [-0.25, -0.2) is 4.79 Å². The van der Waals surface area contributed by atoms with Crippen LogP contribution in [0, 0.1) is 33.5 Å². The molecule has 7 atom stereocenters. The molecule has 2 unspecified atom stereocenters. The van der Waals surface area contributed by atoms with Crippen LogP contribution in [-0.4, -0.2) is 101 Å². The number of nitrogens with one attached hydrogen (secondary N) is 3. The Kier molecular flexibility index (Phi) is 10.7. The minimum Gasteiger partial charge on any atom is -0.372 e. The number of carbonyl (C=O) groups is 6. The molecule has 2 spiro atoms. The Hall–Kier alpha value is -3.22. The molecule has 3 saturated carbocycles. The fourth-order valence-corrected chi connectivity index (χ4v) is 9.99. The summed E-state index contributed by atoms with van der Waals surface area (Å²) in [7, 11) is 0. The number of ether oxygens (including phenoxy) is 1. The first kappa shape index (κ1) is 39.0. The molecule has 13 heteroatoms. The number of primary amides is 1. The first-order valence-corrected chi connectivity index (χ1v) is 19.1. The van der Waals surface area contributed by atoms with Crippen LogP contribution in [0.15, 0.2) is 0 Å². The van der Waals surface area contributed by atoms with E-state index in [1.165, 1.54) is 0 Å². The predicted molar refractivity (Wildman–Crippen MR) is 191 cm³/mol. The summed E-state index contributed by atoms with van der Waals surface area (Å²) in [6, 6.07) is -4.45. The van der Waals surface area contributed by atoms with Gasteiger partial charge in [-0.05, 0) is 67.6 Å². The number of amides is 6. The summed E-state index contributed by atoms with van der Waals surface area (Å²) in [4.78, 5) is 84.7. The molecule has 0 bridgehead atoms. The minimum atomic E-state index is -1.09. The Labute approximate surface area is 303 Å². The maximum atomic E-state index is 14.8. The maximum absolute atomic E-state index is 14.8. The molecule has 5 aliphatic rings. The van der Waals surface area contributed by atoms with Crippen LogP contribution in [0.1, 0.15) is 114 Å². The summed E-state index contributed by atoms with van der Waals surface area (Å²) < 4.78 is 5.80. The fourth-order valence-electron chi connectivity index (χ4n) is 9.99. The Morgan fingerprint density at radius 2 is 1.49 bits per heavy atom. The smallest absolute Gasteiger partial charge is 0.316 e. The lowest BCUT2D eigenvalue weighted by Gasteiger charge is -2.39. The van der Waals surface area contributed by atoms with Crippen LogP contribution in [0.25, 0.3) is 0 Å². The molecule has 2 heterocycles. The molecule has 13 nitrogen and oxygen atoms in total. The lowest BCUT2D eigenvalue weighted by molar-refractivity contribution is -0.146. The summed E-state index contributed by atoms with van der Waals surface area (Å²) in [5, 5.41) is 8.62. The van der Waals surface area contributed by atoms with Crippen LogP contribution in [0.2, 0.25) is 0 Å². The van der Waals surface area contributed by atoms with E-state index in [4.69, 9.17) is 10.5 Å². The molecule has 0 aromatic rings. The van der Waals surface area contributed by atoms with Crippen molar-refractivity contribution in [3.8, 4) is 0 Å². The predicted octanol–water partition coefficient (Wildman–Crippen LogP) is 2.89. The monoisotopic (exact) mass is 714 g/mol. The van der Waals surface area contributed by atoms with Crippen molar-refractivity contribution in [1.29, 1.82) is 0 Å². The lowest BCUT2D eigenvalue weighted by atomic mass is 9.73. The molecule has 0 aromatic heterocycles. The van der Waals surface area contributed by atoms with E-state index < -0.39 is 59.1 Å². The third-order valence-electron chi connectivity index (χ3n) is 13.4. The van der Waals surface area contributed by atoms with Crippen molar-refractivity contribution in [2.24, 2.45) is 39.2 Å². The van der Waals surface area contributed by atoms with Crippen LogP contribution in [0.4, 0.5) is 4.79 Å². The molecule has 3 aliphatic carbocycles. The van der Waals surface area contributed by atoms with E-state index in [0.29, 0.717) is 32.5 Å². The third kappa shape index (κ3) is 7.00. The van der Waals surface area contributed by atoms with Gasteiger partial charge in [0.15, 0.2) is 0 Å². The molecule has 2 aliphatic heterocycles.